The van der Waals surface area contributed by atoms with Crippen LogP contribution >= 0.6 is 0 Å². The Balaban J connectivity index is 2.70. The third-order valence-electron chi connectivity index (χ3n) is 2.51. The van der Waals surface area contributed by atoms with Gasteiger partial charge in [-0.15, -0.1) is 0 Å². The van der Waals surface area contributed by atoms with Gasteiger partial charge < -0.3 is 10.8 Å². The van der Waals surface area contributed by atoms with Crippen LogP contribution in [0.15, 0.2) is 24.3 Å². The Morgan fingerprint density at radius 2 is 1.94 bits per heavy atom. The lowest BCUT2D eigenvalue weighted by molar-refractivity contribution is -0.137. The quantitative estimate of drug-likeness (QED) is 0.835. The summed E-state index contributed by atoms with van der Waals surface area (Å²) in [5.74, 6) is -3.79. The summed E-state index contributed by atoms with van der Waals surface area (Å²) < 4.78 is 25.9. The van der Waals surface area contributed by atoms with E-state index in [4.69, 9.17) is 10.8 Å². The van der Waals surface area contributed by atoms with Gasteiger partial charge in [-0.25, -0.2) is 8.78 Å². The minimum absolute atomic E-state index is 0.0349. The normalized spacial score (nSPS) is 13.4. The molecule has 1 aromatic rings. The number of hydrogen-bond donors (Lipinski definition) is 2. The van der Waals surface area contributed by atoms with E-state index in [1.165, 1.54) is 24.3 Å². The van der Waals surface area contributed by atoms with Gasteiger partial charge in [0.25, 0.3) is 5.92 Å². The monoisotopic (exact) mass is 243 g/mol. The number of carboxylic acid groups (broad SMARTS) is 1. The fourth-order valence-corrected chi connectivity index (χ4v) is 1.47. The molecular weight excluding hydrogens is 228 g/mol. The standard InChI is InChI=1S/C12H15F2NO2/c1-12(13,14)9-4-2-8(3-5-9)10(15)6-7-11(16)17/h2-5,10H,6-7,15H2,1H3,(H,16,17). The van der Waals surface area contributed by atoms with Crippen molar-refractivity contribution in [3.05, 3.63) is 35.4 Å². The van der Waals surface area contributed by atoms with Gasteiger partial charge in [0, 0.05) is 24.9 Å². The SMILES string of the molecule is CC(F)(F)c1ccc(C(N)CCC(=O)O)cc1. The summed E-state index contributed by atoms with van der Waals surface area (Å²) in [6.45, 7) is 0.826. The molecule has 17 heavy (non-hydrogen) atoms. The maximum atomic E-state index is 12.9. The van der Waals surface area contributed by atoms with Crippen LogP contribution in [0.25, 0.3) is 0 Å². The molecule has 0 aliphatic carbocycles. The van der Waals surface area contributed by atoms with E-state index in [9.17, 15) is 13.6 Å². The fourth-order valence-electron chi connectivity index (χ4n) is 1.47. The molecule has 5 heteroatoms. The first-order chi connectivity index (χ1) is 7.80. The summed E-state index contributed by atoms with van der Waals surface area (Å²) in [6, 6.07) is 5.22. The lowest BCUT2D eigenvalue weighted by Gasteiger charge is -2.14. The molecule has 0 heterocycles. The molecule has 0 spiro atoms. The molecule has 3 nitrogen and oxygen atoms in total. The lowest BCUT2D eigenvalue weighted by atomic mass is 10.00. The zero-order valence-corrected chi connectivity index (χ0v) is 9.49. The zero-order valence-electron chi connectivity index (χ0n) is 9.49. The molecule has 1 aromatic carbocycles. The van der Waals surface area contributed by atoms with E-state index in [0.29, 0.717) is 5.56 Å². The minimum Gasteiger partial charge on any atom is -0.481 e. The maximum Gasteiger partial charge on any atom is 0.303 e. The average Bonchev–Trinajstić information content (AvgIpc) is 2.25. The van der Waals surface area contributed by atoms with Gasteiger partial charge >= 0.3 is 5.97 Å². The Morgan fingerprint density at radius 3 is 2.35 bits per heavy atom. The van der Waals surface area contributed by atoms with Gasteiger partial charge in [-0.1, -0.05) is 24.3 Å². The Kier molecular flexibility index (Phi) is 4.17. The predicted molar refractivity (Wildman–Crippen MR) is 59.8 cm³/mol. The van der Waals surface area contributed by atoms with Crippen molar-refractivity contribution in [1.82, 2.24) is 0 Å². The summed E-state index contributed by atoms with van der Waals surface area (Å²) in [4.78, 5) is 10.4. The Labute approximate surface area is 98.2 Å². The first kappa shape index (κ1) is 13.6. The van der Waals surface area contributed by atoms with Crippen LogP contribution in [-0.4, -0.2) is 11.1 Å². The Morgan fingerprint density at radius 1 is 1.41 bits per heavy atom. The number of hydrogen-bond acceptors (Lipinski definition) is 2. The average molecular weight is 243 g/mol. The molecule has 0 saturated carbocycles. The molecule has 1 atom stereocenters. The number of benzene rings is 1. The largest absolute Gasteiger partial charge is 0.481 e. The number of carboxylic acids is 1. The smallest absolute Gasteiger partial charge is 0.303 e. The summed E-state index contributed by atoms with van der Waals surface area (Å²) in [7, 11) is 0. The molecule has 94 valence electrons. The van der Waals surface area contributed by atoms with Crippen LogP contribution in [0.2, 0.25) is 0 Å². The first-order valence-electron chi connectivity index (χ1n) is 5.26. The molecule has 0 aromatic heterocycles. The van der Waals surface area contributed by atoms with Gasteiger partial charge in [-0.3, -0.25) is 4.79 Å². The molecule has 1 rings (SSSR count). The van der Waals surface area contributed by atoms with Gasteiger partial charge in [0.2, 0.25) is 0 Å². The number of rotatable bonds is 5. The van der Waals surface area contributed by atoms with Crippen LogP contribution in [-0.2, 0) is 10.7 Å². The van der Waals surface area contributed by atoms with Crippen LogP contribution in [0, 0.1) is 0 Å². The van der Waals surface area contributed by atoms with Crippen molar-refractivity contribution in [3.8, 4) is 0 Å². The van der Waals surface area contributed by atoms with Crippen molar-refractivity contribution in [2.24, 2.45) is 5.73 Å². The predicted octanol–water partition coefficient (Wildman–Crippen LogP) is 2.66. The van der Waals surface area contributed by atoms with Crippen molar-refractivity contribution in [2.75, 3.05) is 0 Å². The molecule has 0 aliphatic heterocycles. The van der Waals surface area contributed by atoms with Crippen molar-refractivity contribution >= 4 is 5.97 Å². The third kappa shape index (κ3) is 4.11. The lowest BCUT2D eigenvalue weighted by Crippen LogP contribution is -2.13. The summed E-state index contributed by atoms with van der Waals surface area (Å²) in [5.41, 5.74) is 6.34. The highest BCUT2D eigenvalue weighted by molar-refractivity contribution is 5.66. The van der Waals surface area contributed by atoms with E-state index < -0.39 is 17.9 Å². The summed E-state index contributed by atoms with van der Waals surface area (Å²) >= 11 is 0. The summed E-state index contributed by atoms with van der Waals surface area (Å²) in [6.07, 6.45) is 0.254. The van der Waals surface area contributed by atoms with E-state index in [-0.39, 0.29) is 18.4 Å². The number of alkyl halides is 2. The molecule has 0 radical (unpaired) electrons. The van der Waals surface area contributed by atoms with Crippen molar-refractivity contribution in [1.29, 1.82) is 0 Å². The third-order valence-corrected chi connectivity index (χ3v) is 2.51. The molecule has 0 amide bonds. The van der Waals surface area contributed by atoms with Gasteiger partial charge in [-0.05, 0) is 12.0 Å². The van der Waals surface area contributed by atoms with Gasteiger partial charge in [-0.2, -0.15) is 0 Å². The summed E-state index contributed by atoms with van der Waals surface area (Å²) in [5, 5.41) is 8.51. The molecule has 0 fully saturated rings. The first-order valence-corrected chi connectivity index (χ1v) is 5.26. The topological polar surface area (TPSA) is 63.3 Å². The number of nitrogens with two attached hydrogens (primary N) is 1. The number of halogens is 2. The molecule has 0 aliphatic rings. The van der Waals surface area contributed by atoms with Crippen LogP contribution in [0.1, 0.15) is 36.9 Å². The highest BCUT2D eigenvalue weighted by Gasteiger charge is 2.23. The van der Waals surface area contributed by atoms with Gasteiger partial charge in [0.05, 0.1) is 0 Å². The molecule has 1 unspecified atom stereocenters. The second kappa shape index (κ2) is 5.23. The van der Waals surface area contributed by atoms with E-state index in [1.807, 2.05) is 0 Å². The van der Waals surface area contributed by atoms with Gasteiger partial charge in [0.1, 0.15) is 0 Å². The van der Waals surface area contributed by atoms with E-state index >= 15 is 0 Å². The zero-order chi connectivity index (χ0) is 13.1. The second-order valence-electron chi connectivity index (χ2n) is 4.05. The maximum absolute atomic E-state index is 12.9. The highest BCUT2D eigenvalue weighted by Crippen LogP contribution is 2.28. The molecule has 3 N–H and O–H groups in total. The highest BCUT2D eigenvalue weighted by atomic mass is 19.3. The molecular formula is C12H15F2NO2. The van der Waals surface area contributed by atoms with Crippen molar-refractivity contribution in [3.63, 3.8) is 0 Å². The number of aliphatic carboxylic acids is 1. The van der Waals surface area contributed by atoms with Crippen LogP contribution in [0.3, 0.4) is 0 Å². The van der Waals surface area contributed by atoms with Crippen LogP contribution in [0.5, 0.6) is 0 Å². The minimum atomic E-state index is -2.87. The molecule has 0 bridgehead atoms. The van der Waals surface area contributed by atoms with Crippen molar-refractivity contribution < 1.29 is 18.7 Å². The Hall–Kier alpha value is -1.49. The second-order valence-corrected chi connectivity index (χ2v) is 4.05. The van der Waals surface area contributed by atoms with Gasteiger partial charge in [0.15, 0.2) is 0 Å². The van der Waals surface area contributed by atoms with Crippen LogP contribution < -0.4 is 5.73 Å². The van der Waals surface area contributed by atoms with E-state index in [2.05, 4.69) is 0 Å². The van der Waals surface area contributed by atoms with E-state index in [0.717, 1.165) is 6.92 Å². The Bertz CT molecular complexity index is 384. The fraction of sp³-hybridized carbons (Fsp3) is 0.417. The molecule has 0 saturated heterocycles. The van der Waals surface area contributed by atoms with E-state index in [1.54, 1.807) is 0 Å². The van der Waals surface area contributed by atoms with Crippen LogP contribution in [0.4, 0.5) is 8.78 Å². The van der Waals surface area contributed by atoms with Crippen molar-refractivity contribution in [2.45, 2.75) is 31.7 Å². The number of carbonyl (C=O) groups is 1.